The number of aryl methyl sites for hydroxylation is 1. The van der Waals surface area contributed by atoms with Gasteiger partial charge in [-0.15, -0.1) is 0 Å². The van der Waals surface area contributed by atoms with Gasteiger partial charge in [-0.1, -0.05) is 13.3 Å². The third kappa shape index (κ3) is 3.56. The lowest BCUT2D eigenvalue weighted by Crippen LogP contribution is -2.25. The first-order chi connectivity index (χ1) is 9.88. The zero-order valence-electron chi connectivity index (χ0n) is 12.1. The summed E-state index contributed by atoms with van der Waals surface area (Å²) >= 11 is 0. The summed E-state index contributed by atoms with van der Waals surface area (Å²) in [5.41, 5.74) is -0.606. The highest BCUT2D eigenvalue weighted by molar-refractivity contribution is 5.91. The fourth-order valence-corrected chi connectivity index (χ4v) is 2.70. The highest BCUT2D eigenvalue weighted by Crippen LogP contribution is 2.28. The van der Waals surface area contributed by atoms with Gasteiger partial charge in [-0.3, -0.25) is 10.1 Å². The number of nitro groups is 1. The molecular formula is C15H18FNO4. The lowest BCUT2D eigenvalue weighted by atomic mass is 9.89. The quantitative estimate of drug-likeness (QED) is 0.483. The Morgan fingerprint density at radius 1 is 1.43 bits per heavy atom. The normalized spacial score (nSPS) is 21.9. The van der Waals surface area contributed by atoms with Crippen LogP contribution in [0.5, 0.6) is 0 Å². The number of rotatable bonds is 3. The van der Waals surface area contributed by atoms with Gasteiger partial charge in [0.2, 0.25) is 0 Å². The van der Waals surface area contributed by atoms with Crippen molar-refractivity contribution in [3.63, 3.8) is 0 Å². The summed E-state index contributed by atoms with van der Waals surface area (Å²) in [6.07, 6.45) is 3.33. The SMILES string of the molecule is Cc1cc([N+](=O)[O-])cc(C(=O)OC2CCCC(C)C2)c1F. The maximum atomic E-state index is 14.0. The van der Waals surface area contributed by atoms with E-state index < -0.39 is 16.7 Å². The van der Waals surface area contributed by atoms with Crippen LogP contribution in [0.4, 0.5) is 10.1 Å². The van der Waals surface area contributed by atoms with E-state index in [1.165, 1.54) is 6.92 Å². The van der Waals surface area contributed by atoms with Crippen molar-refractivity contribution < 1.29 is 18.8 Å². The standard InChI is InChI=1S/C15H18FNO4/c1-9-4-3-5-12(6-9)21-15(18)13-8-11(17(19)20)7-10(2)14(13)16/h7-9,12H,3-6H2,1-2H3. The van der Waals surface area contributed by atoms with Gasteiger partial charge in [0.15, 0.2) is 0 Å². The number of non-ortho nitro benzene ring substituents is 1. The number of nitrogens with zero attached hydrogens (tertiary/aromatic N) is 1. The lowest BCUT2D eigenvalue weighted by molar-refractivity contribution is -0.385. The van der Waals surface area contributed by atoms with Gasteiger partial charge in [0, 0.05) is 12.1 Å². The Kier molecular flexibility index (Phi) is 4.55. The molecule has 0 aliphatic heterocycles. The molecule has 0 heterocycles. The Morgan fingerprint density at radius 2 is 2.14 bits per heavy atom. The molecule has 5 nitrogen and oxygen atoms in total. The Balaban J connectivity index is 2.20. The van der Waals surface area contributed by atoms with Gasteiger partial charge < -0.3 is 4.74 Å². The third-order valence-corrected chi connectivity index (χ3v) is 3.83. The van der Waals surface area contributed by atoms with Crippen molar-refractivity contribution in [1.29, 1.82) is 0 Å². The van der Waals surface area contributed by atoms with Crippen molar-refractivity contribution in [3.05, 3.63) is 39.2 Å². The van der Waals surface area contributed by atoms with E-state index in [4.69, 9.17) is 4.74 Å². The van der Waals surface area contributed by atoms with E-state index in [0.717, 1.165) is 37.8 Å². The second kappa shape index (κ2) is 6.20. The lowest BCUT2D eigenvalue weighted by Gasteiger charge is -2.26. The predicted octanol–water partition coefficient (Wildman–Crippen LogP) is 3.78. The second-order valence-electron chi connectivity index (χ2n) is 5.68. The summed E-state index contributed by atoms with van der Waals surface area (Å²) in [7, 11) is 0. The molecule has 1 aromatic rings. The van der Waals surface area contributed by atoms with Crippen LogP contribution in [0.3, 0.4) is 0 Å². The topological polar surface area (TPSA) is 69.4 Å². The van der Waals surface area contributed by atoms with E-state index in [9.17, 15) is 19.3 Å². The van der Waals surface area contributed by atoms with Crippen LogP contribution in [0.15, 0.2) is 12.1 Å². The average molecular weight is 295 g/mol. The fourth-order valence-electron chi connectivity index (χ4n) is 2.70. The predicted molar refractivity (Wildman–Crippen MR) is 74.6 cm³/mol. The molecule has 1 fully saturated rings. The molecule has 1 saturated carbocycles. The minimum atomic E-state index is -0.821. The number of hydrogen-bond donors (Lipinski definition) is 0. The van der Waals surface area contributed by atoms with Crippen LogP contribution in [0.1, 0.15) is 48.5 Å². The van der Waals surface area contributed by atoms with Crippen molar-refractivity contribution in [3.8, 4) is 0 Å². The Bertz CT molecular complexity index is 573. The van der Waals surface area contributed by atoms with E-state index in [0.29, 0.717) is 5.92 Å². The van der Waals surface area contributed by atoms with Gasteiger partial charge in [0.1, 0.15) is 17.5 Å². The van der Waals surface area contributed by atoms with Crippen LogP contribution in [0.2, 0.25) is 0 Å². The van der Waals surface area contributed by atoms with Gasteiger partial charge in [-0.05, 0) is 37.7 Å². The second-order valence-corrected chi connectivity index (χ2v) is 5.68. The Labute approximate surface area is 122 Å². The van der Waals surface area contributed by atoms with E-state index in [1.54, 1.807) is 0 Å². The highest BCUT2D eigenvalue weighted by Gasteiger charge is 2.26. The molecule has 2 rings (SSSR count). The van der Waals surface area contributed by atoms with Crippen LogP contribution in [0, 0.1) is 28.8 Å². The number of esters is 1. The summed E-state index contributed by atoms with van der Waals surface area (Å²) in [4.78, 5) is 22.2. The Morgan fingerprint density at radius 3 is 2.76 bits per heavy atom. The first-order valence-corrected chi connectivity index (χ1v) is 7.04. The molecule has 114 valence electrons. The average Bonchev–Trinajstić information content (AvgIpc) is 2.41. The van der Waals surface area contributed by atoms with E-state index in [1.807, 2.05) is 0 Å². The van der Waals surface area contributed by atoms with Gasteiger partial charge in [-0.25, -0.2) is 9.18 Å². The van der Waals surface area contributed by atoms with Crippen LogP contribution < -0.4 is 0 Å². The van der Waals surface area contributed by atoms with Gasteiger partial charge in [-0.2, -0.15) is 0 Å². The maximum absolute atomic E-state index is 14.0. The number of nitro benzene ring substituents is 1. The van der Waals surface area contributed by atoms with Crippen molar-refractivity contribution in [1.82, 2.24) is 0 Å². The molecule has 0 bridgehead atoms. The molecule has 1 aromatic carbocycles. The van der Waals surface area contributed by atoms with Gasteiger partial charge in [0.25, 0.3) is 5.69 Å². The molecule has 2 unspecified atom stereocenters. The molecular weight excluding hydrogens is 277 g/mol. The number of carbonyl (C=O) groups is 1. The molecule has 0 spiro atoms. The van der Waals surface area contributed by atoms with Gasteiger partial charge >= 0.3 is 5.97 Å². The zero-order valence-corrected chi connectivity index (χ0v) is 12.1. The fraction of sp³-hybridized carbons (Fsp3) is 0.533. The third-order valence-electron chi connectivity index (χ3n) is 3.83. The number of halogens is 1. The Hall–Kier alpha value is -1.98. The molecule has 1 aliphatic carbocycles. The number of hydrogen-bond acceptors (Lipinski definition) is 4. The first-order valence-electron chi connectivity index (χ1n) is 7.04. The van der Waals surface area contributed by atoms with Crippen molar-refractivity contribution >= 4 is 11.7 Å². The molecule has 0 N–H and O–H groups in total. The minimum Gasteiger partial charge on any atom is -0.459 e. The molecule has 6 heteroatoms. The summed E-state index contributed by atoms with van der Waals surface area (Å²) < 4.78 is 19.3. The molecule has 0 saturated heterocycles. The van der Waals surface area contributed by atoms with E-state index >= 15 is 0 Å². The number of carbonyl (C=O) groups excluding carboxylic acids is 1. The number of benzene rings is 1. The molecule has 0 aromatic heterocycles. The van der Waals surface area contributed by atoms with Crippen molar-refractivity contribution in [2.45, 2.75) is 45.6 Å². The van der Waals surface area contributed by atoms with Crippen LogP contribution in [0.25, 0.3) is 0 Å². The van der Waals surface area contributed by atoms with Crippen molar-refractivity contribution in [2.24, 2.45) is 5.92 Å². The summed E-state index contributed by atoms with van der Waals surface area (Å²) in [6.45, 7) is 3.47. The monoisotopic (exact) mass is 295 g/mol. The largest absolute Gasteiger partial charge is 0.459 e. The molecule has 0 radical (unpaired) electrons. The summed E-state index contributed by atoms with van der Waals surface area (Å²) in [5.74, 6) is -1.11. The van der Waals surface area contributed by atoms with E-state index in [-0.39, 0.29) is 22.9 Å². The van der Waals surface area contributed by atoms with Crippen LogP contribution in [-0.2, 0) is 4.74 Å². The molecule has 21 heavy (non-hydrogen) atoms. The molecule has 2 atom stereocenters. The van der Waals surface area contributed by atoms with Crippen LogP contribution >= 0.6 is 0 Å². The van der Waals surface area contributed by atoms with Crippen LogP contribution in [-0.4, -0.2) is 17.0 Å². The van der Waals surface area contributed by atoms with Gasteiger partial charge in [0.05, 0.1) is 4.92 Å². The highest BCUT2D eigenvalue weighted by atomic mass is 19.1. The smallest absolute Gasteiger partial charge is 0.341 e. The van der Waals surface area contributed by atoms with Crippen molar-refractivity contribution in [2.75, 3.05) is 0 Å². The molecule has 0 amide bonds. The van der Waals surface area contributed by atoms with E-state index in [2.05, 4.69) is 6.92 Å². The summed E-state index contributed by atoms with van der Waals surface area (Å²) in [5, 5.41) is 10.8. The zero-order chi connectivity index (χ0) is 15.6. The maximum Gasteiger partial charge on any atom is 0.341 e. The minimum absolute atomic E-state index is 0.0631. The molecule has 1 aliphatic rings. The first kappa shape index (κ1) is 15.4. The number of ether oxygens (including phenoxy) is 1. The summed E-state index contributed by atoms with van der Waals surface area (Å²) in [6, 6.07) is 2.05.